The summed E-state index contributed by atoms with van der Waals surface area (Å²) in [7, 11) is 3.80. The normalized spacial score (nSPS) is 10.9. The van der Waals surface area contributed by atoms with Gasteiger partial charge in [0.1, 0.15) is 16.8 Å². The molecule has 2 aromatic heterocycles. The molecule has 2 rings (SSSR count). The van der Waals surface area contributed by atoms with Crippen molar-refractivity contribution >= 4 is 11.6 Å². The highest BCUT2D eigenvalue weighted by molar-refractivity contribution is 6.29. The van der Waals surface area contributed by atoms with Crippen molar-refractivity contribution in [2.75, 3.05) is 7.05 Å². The van der Waals surface area contributed by atoms with Gasteiger partial charge in [-0.15, -0.1) is 0 Å². The van der Waals surface area contributed by atoms with Gasteiger partial charge in [0.15, 0.2) is 0 Å². The minimum Gasteiger partial charge on any atom is -0.326 e. The number of imidazole rings is 2. The molecule has 0 aliphatic carbocycles. The van der Waals surface area contributed by atoms with Crippen molar-refractivity contribution in [3.63, 3.8) is 0 Å². The van der Waals surface area contributed by atoms with Crippen molar-refractivity contribution in [1.29, 1.82) is 0 Å². The third kappa shape index (κ3) is 2.10. The van der Waals surface area contributed by atoms with Crippen LogP contribution in [0.25, 0.3) is 0 Å². The van der Waals surface area contributed by atoms with Crippen LogP contribution in [0.2, 0.25) is 5.15 Å². The number of halogens is 1. The molecule has 0 spiro atoms. The summed E-state index contributed by atoms with van der Waals surface area (Å²) < 4.78 is 3.92. The van der Waals surface area contributed by atoms with Gasteiger partial charge in [-0.1, -0.05) is 11.6 Å². The molecule has 2 heterocycles. The van der Waals surface area contributed by atoms with E-state index >= 15 is 0 Å². The van der Waals surface area contributed by atoms with Crippen molar-refractivity contribution in [3.8, 4) is 0 Å². The Morgan fingerprint density at radius 2 is 2.19 bits per heavy atom. The zero-order chi connectivity index (χ0) is 11.5. The summed E-state index contributed by atoms with van der Waals surface area (Å²) >= 11 is 5.93. The van der Waals surface area contributed by atoms with Crippen LogP contribution in [-0.2, 0) is 20.1 Å². The molecule has 6 heteroatoms. The van der Waals surface area contributed by atoms with Crippen molar-refractivity contribution in [3.05, 3.63) is 35.4 Å². The Morgan fingerprint density at radius 1 is 1.38 bits per heavy atom. The molecule has 0 atom stereocenters. The zero-order valence-electron chi connectivity index (χ0n) is 9.31. The lowest BCUT2D eigenvalue weighted by Gasteiger charge is -2.07. The Kier molecular flexibility index (Phi) is 3.26. The Hall–Kier alpha value is -1.33. The first kappa shape index (κ1) is 11.2. The highest BCUT2D eigenvalue weighted by atomic mass is 35.5. The van der Waals surface area contributed by atoms with E-state index < -0.39 is 0 Å². The van der Waals surface area contributed by atoms with Crippen LogP contribution in [-0.4, -0.2) is 26.1 Å². The van der Waals surface area contributed by atoms with E-state index in [1.54, 1.807) is 12.4 Å². The average Bonchev–Trinajstić information content (AvgIpc) is 2.82. The Bertz CT molecular complexity index is 473. The molecule has 0 radical (unpaired) electrons. The Morgan fingerprint density at radius 3 is 2.81 bits per heavy atom. The predicted molar refractivity (Wildman–Crippen MR) is 62.3 cm³/mol. The molecule has 0 bridgehead atoms. The van der Waals surface area contributed by atoms with Crippen LogP contribution in [0.4, 0.5) is 0 Å². The SMILES string of the molecule is CNCc1nccn1Cc1ncc(Cl)n1C. The smallest absolute Gasteiger partial charge is 0.129 e. The number of hydrogen-bond donors (Lipinski definition) is 1. The van der Waals surface area contributed by atoms with Gasteiger partial charge in [-0.05, 0) is 7.05 Å². The predicted octanol–water partition coefficient (Wildman–Crippen LogP) is 1.04. The first-order chi connectivity index (χ1) is 7.72. The topological polar surface area (TPSA) is 47.7 Å². The molecule has 5 nitrogen and oxygen atoms in total. The lowest BCUT2D eigenvalue weighted by Crippen LogP contribution is -2.14. The minimum atomic E-state index is 0.644. The molecule has 0 aliphatic rings. The molecule has 16 heavy (non-hydrogen) atoms. The summed E-state index contributed by atoms with van der Waals surface area (Å²) in [6.45, 7) is 1.42. The standard InChI is InChI=1S/C10H14ClN5/c1-12-6-9-13-3-4-16(9)7-10-14-5-8(11)15(10)2/h3-5,12H,6-7H2,1-2H3. The van der Waals surface area contributed by atoms with E-state index in [0.717, 1.165) is 18.2 Å². The molecule has 1 N–H and O–H groups in total. The fraction of sp³-hybridized carbons (Fsp3) is 0.400. The molecular formula is C10H14ClN5. The second-order valence-corrected chi connectivity index (χ2v) is 3.95. The van der Waals surface area contributed by atoms with E-state index in [2.05, 4.69) is 19.9 Å². The highest BCUT2D eigenvalue weighted by Crippen LogP contribution is 2.11. The molecular weight excluding hydrogens is 226 g/mol. The first-order valence-electron chi connectivity index (χ1n) is 5.03. The van der Waals surface area contributed by atoms with Gasteiger partial charge in [0.25, 0.3) is 0 Å². The maximum absolute atomic E-state index is 5.93. The summed E-state index contributed by atoms with van der Waals surface area (Å²) in [6, 6.07) is 0. The van der Waals surface area contributed by atoms with E-state index in [4.69, 9.17) is 11.6 Å². The molecule has 0 aromatic carbocycles. The van der Waals surface area contributed by atoms with E-state index in [1.807, 2.05) is 24.9 Å². The monoisotopic (exact) mass is 239 g/mol. The fourth-order valence-corrected chi connectivity index (χ4v) is 1.68. The molecule has 0 aliphatic heterocycles. The Balaban J connectivity index is 2.20. The number of hydrogen-bond acceptors (Lipinski definition) is 3. The second kappa shape index (κ2) is 4.67. The fourth-order valence-electron chi connectivity index (χ4n) is 1.53. The lowest BCUT2D eigenvalue weighted by atomic mass is 10.5. The average molecular weight is 240 g/mol. The molecule has 0 saturated carbocycles. The largest absolute Gasteiger partial charge is 0.326 e. The zero-order valence-corrected chi connectivity index (χ0v) is 10.1. The molecule has 0 fully saturated rings. The van der Waals surface area contributed by atoms with Crippen LogP contribution < -0.4 is 5.32 Å². The van der Waals surface area contributed by atoms with Crippen LogP contribution in [0.5, 0.6) is 0 Å². The van der Waals surface area contributed by atoms with Crippen LogP contribution >= 0.6 is 11.6 Å². The van der Waals surface area contributed by atoms with Crippen LogP contribution in [0.1, 0.15) is 11.6 Å². The van der Waals surface area contributed by atoms with Crippen molar-refractivity contribution in [1.82, 2.24) is 24.4 Å². The van der Waals surface area contributed by atoms with Gasteiger partial charge in [0, 0.05) is 19.4 Å². The van der Waals surface area contributed by atoms with Crippen LogP contribution in [0, 0.1) is 0 Å². The minimum absolute atomic E-state index is 0.644. The third-order valence-electron chi connectivity index (χ3n) is 2.48. The van der Waals surface area contributed by atoms with Gasteiger partial charge < -0.3 is 14.5 Å². The highest BCUT2D eigenvalue weighted by Gasteiger charge is 2.07. The van der Waals surface area contributed by atoms with Crippen LogP contribution in [0.3, 0.4) is 0 Å². The third-order valence-corrected chi connectivity index (χ3v) is 2.83. The molecule has 86 valence electrons. The maximum Gasteiger partial charge on any atom is 0.129 e. The second-order valence-electron chi connectivity index (χ2n) is 3.56. The first-order valence-corrected chi connectivity index (χ1v) is 5.41. The number of aromatic nitrogens is 4. The van der Waals surface area contributed by atoms with Gasteiger partial charge in [-0.3, -0.25) is 0 Å². The van der Waals surface area contributed by atoms with E-state index in [9.17, 15) is 0 Å². The summed E-state index contributed by atoms with van der Waals surface area (Å²) in [5.74, 6) is 1.90. The lowest BCUT2D eigenvalue weighted by molar-refractivity contribution is 0.637. The maximum atomic E-state index is 5.93. The Labute approximate surface area is 99.1 Å². The van der Waals surface area contributed by atoms with Gasteiger partial charge in [0.05, 0.1) is 19.3 Å². The van der Waals surface area contributed by atoms with E-state index in [-0.39, 0.29) is 0 Å². The van der Waals surface area contributed by atoms with E-state index in [0.29, 0.717) is 11.7 Å². The molecule has 2 aromatic rings. The summed E-state index contributed by atoms with van der Waals surface area (Å²) in [6.07, 6.45) is 5.39. The van der Waals surface area contributed by atoms with Crippen molar-refractivity contribution < 1.29 is 0 Å². The number of nitrogens with one attached hydrogen (secondary N) is 1. The molecule has 0 saturated heterocycles. The van der Waals surface area contributed by atoms with Crippen molar-refractivity contribution in [2.24, 2.45) is 7.05 Å². The molecule has 0 unspecified atom stereocenters. The number of nitrogens with zero attached hydrogens (tertiary/aromatic N) is 4. The molecule has 0 amide bonds. The van der Waals surface area contributed by atoms with Crippen LogP contribution in [0.15, 0.2) is 18.6 Å². The van der Waals surface area contributed by atoms with Crippen molar-refractivity contribution in [2.45, 2.75) is 13.1 Å². The summed E-state index contributed by atoms with van der Waals surface area (Å²) in [5.41, 5.74) is 0. The summed E-state index contributed by atoms with van der Waals surface area (Å²) in [5, 5.41) is 3.72. The quantitative estimate of drug-likeness (QED) is 0.867. The summed E-state index contributed by atoms with van der Waals surface area (Å²) in [4.78, 5) is 8.52. The van der Waals surface area contributed by atoms with Gasteiger partial charge >= 0.3 is 0 Å². The number of rotatable bonds is 4. The van der Waals surface area contributed by atoms with Gasteiger partial charge in [-0.25, -0.2) is 9.97 Å². The van der Waals surface area contributed by atoms with Gasteiger partial charge in [-0.2, -0.15) is 0 Å². The van der Waals surface area contributed by atoms with Gasteiger partial charge in [0.2, 0.25) is 0 Å². The van der Waals surface area contributed by atoms with E-state index in [1.165, 1.54) is 0 Å².